The molecule has 5 heteroatoms. The lowest BCUT2D eigenvalue weighted by molar-refractivity contribution is 0.0421. The maximum absolute atomic E-state index is 11.9. The average Bonchev–Trinajstić information content (AvgIpc) is 2.82. The number of piperidine rings is 1. The molecule has 1 amide bonds. The van der Waals surface area contributed by atoms with Gasteiger partial charge >= 0.3 is 6.09 Å². The maximum Gasteiger partial charge on any atom is 0.410 e. The minimum Gasteiger partial charge on any atom is -0.444 e. The van der Waals surface area contributed by atoms with E-state index < -0.39 is 0 Å². The number of hydrogen-bond acceptors (Lipinski definition) is 4. The SMILES string of the molecule is CC1CCN(C(=O)OC2CCOC2)CC1C#N. The quantitative estimate of drug-likeness (QED) is 0.692. The summed E-state index contributed by atoms with van der Waals surface area (Å²) < 4.78 is 10.5. The van der Waals surface area contributed by atoms with E-state index in [1.54, 1.807) is 4.90 Å². The van der Waals surface area contributed by atoms with Crippen LogP contribution >= 0.6 is 0 Å². The molecule has 0 aromatic heterocycles. The van der Waals surface area contributed by atoms with Gasteiger partial charge in [0.1, 0.15) is 6.10 Å². The van der Waals surface area contributed by atoms with Crippen molar-refractivity contribution < 1.29 is 14.3 Å². The van der Waals surface area contributed by atoms with Crippen LogP contribution in [0.15, 0.2) is 0 Å². The molecule has 3 atom stereocenters. The van der Waals surface area contributed by atoms with Gasteiger partial charge in [0.2, 0.25) is 0 Å². The molecule has 2 heterocycles. The van der Waals surface area contributed by atoms with Gasteiger partial charge in [-0.25, -0.2) is 4.79 Å². The normalized spacial score (nSPS) is 33.2. The third kappa shape index (κ3) is 2.89. The maximum atomic E-state index is 11.9. The zero-order chi connectivity index (χ0) is 12.3. The minimum atomic E-state index is -0.298. The van der Waals surface area contributed by atoms with Crippen LogP contribution in [0, 0.1) is 23.2 Å². The predicted molar refractivity (Wildman–Crippen MR) is 60.2 cm³/mol. The summed E-state index contributed by atoms with van der Waals surface area (Å²) in [6, 6.07) is 2.26. The van der Waals surface area contributed by atoms with Crippen molar-refractivity contribution in [1.29, 1.82) is 5.26 Å². The van der Waals surface area contributed by atoms with Gasteiger partial charge < -0.3 is 14.4 Å². The van der Waals surface area contributed by atoms with E-state index in [2.05, 4.69) is 13.0 Å². The summed E-state index contributed by atoms with van der Waals surface area (Å²) in [5.74, 6) is 0.287. The molecule has 17 heavy (non-hydrogen) atoms. The fraction of sp³-hybridized carbons (Fsp3) is 0.833. The standard InChI is InChI=1S/C12H18N2O3/c1-9-2-4-14(7-10(9)6-13)12(15)17-11-3-5-16-8-11/h9-11H,2-5,7-8H2,1H3. The highest BCUT2D eigenvalue weighted by Gasteiger charge is 2.31. The number of nitriles is 1. The molecule has 0 aromatic rings. The topological polar surface area (TPSA) is 62.6 Å². The predicted octanol–water partition coefficient (Wildman–Crippen LogP) is 1.39. The van der Waals surface area contributed by atoms with Crippen LogP contribution in [0.3, 0.4) is 0 Å². The fourth-order valence-corrected chi connectivity index (χ4v) is 2.23. The summed E-state index contributed by atoms with van der Waals surface area (Å²) in [5.41, 5.74) is 0. The summed E-state index contributed by atoms with van der Waals surface area (Å²) in [5, 5.41) is 9.00. The fourth-order valence-electron chi connectivity index (χ4n) is 2.23. The Hall–Kier alpha value is -1.28. The third-order valence-electron chi connectivity index (χ3n) is 3.54. The van der Waals surface area contributed by atoms with Crippen molar-refractivity contribution in [2.24, 2.45) is 11.8 Å². The molecule has 3 unspecified atom stereocenters. The Morgan fingerprint density at radius 3 is 3.00 bits per heavy atom. The Kier molecular flexibility index (Phi) is 3.85. The molecule has 5 nitrogen and oxygen atoms in total. The second-order valence-electron chi connectivity index (χ2n) is 4.82. The summed E-state index contributed by atoms with van der Waals surface area (Å²) >= 11 is 0. The van der Waals surface area contributed by atoms with Crippen LogP contribution in [0.5, 0.6) is 0 Å². The molecule has 0 radical (unpaired) electrons. The molecule has 0 aromatic carbocycles. The molecular weight excluding hydrogens is 220 g/mol. The second kappa shape index (κ2) is 5.37. The molecule has 94 valence electrons. The van der Waals surface area contributed by atoms with E-state index in [4.69, 9.17) is 14.7 Å². The number of hydrogen-bond donors (Lipinski definition) is 0. The first kappa shape index (κ1) is 12.2. The van der Waals surface area contributed by atoms with E-state index in [9.17, 15) is 4.79 Å². The van der Waals surface area contributed by atoms with Crippen molar-refractivity contribution in [2.45, 2.75) is 25.9 Å². The molecular formula is C12H18N2O3. The first-order valence-electron chi connectivity index (χ1n) is 6.13. The van der Waals surface area contributed by atoms with Crippen LogP contribution in [0.4, 0.5) is 4.79 Å². The van der Waals surface area contributed by atoms with Crippen molar-refractivity contribution in [3.05, 3.63) is 0 Å². The van der Waals surface area contributed by atoms with E-state index >= 15 is 0 Å². The molecule has 0 aliphatic carbocycles. The van der Waals surface area contributed by atoms with Gasteiger partial charge in [-0.3, -0.25) is 0 Å². The number of ether oxygens (including phenoxy) is 2. The largest absolute Gasteiger partial charge is 0.444 e. The molecule has 2 fully saturated rings. The number of nitrogens with zero attached hydrogens (tertiary/aromatic N) is 2. The summed E-state index contributed by atoms with van der Waals surface area (Å²) in [7, 11) is 0. The van der Waals surface area contributed by atoms with Gasteiger partial charge in [-0.1, -0.05) is 6.92 Å². The van der Waals surface area contributed by atoms with Gasteiger partial charge in [-0.05, 0) is 12.3 Å². The van der Waals surface area contributed by atoms with E-state index in [1.165, 1.54) is 0 Å². The zero-order valence-electron chi connectivity index (χ0n) is 10.1. The first-order chi connectivity index (χ1) is 8.20. The number of carbonyl (C=O) groups is 1. The van der Waals surface area contributed by atoms with E-state index in [0.29, 0.717) is 32.2 Å². The lowest BCUT2D eigenvalue weighted by Gasteiger charge is -2.33. The van der Waals surface area contributed by atoms with Crippen molar-refractivity contribution in [2.75, 3.05) is 26.3 Å². The molecule has 2 saturated heterocycles. The van der Waals surface area contributed by atoms with Crippen LogP contribution in [-0.2, 0) is 9.47 Å². The number of rotatable bonds is 1. The van der Waals surface area contributed by atoms with Crippen LogP contribution in [-0.4, -0.2) is 43.4 Å². The zero-order valence-corrected chi connectivity index (χ0v) is 10.1. The molecule has 2 aliphatic rings. The third-order valence-corrected chi connectivity index (χ3v) is 3.54. The number of carbonyl (C=O) groups excluding carboxylic acids is 1. The van der Waals surface area contributed by atoms with Crippen molar-refractivity contribution in [1.82, 2.24) is 4.90 Å². The summed E-state index contributed by atoms with van der Waals surface area (Å²) in [6.07, 6.45) is 1.24. The van der Waals surface area contributed by atoms with Gasteiger partial charge in [0.05, 0.1) is 25.2 Å². The Balaban J connectivity index is 1.85. The Morgan fingerprint density at radius 2 is 2.35 bits per heavy atom. The van der Waals surface area contributed by atoms with Gasteiger partial charge in [0.15, 0.2) is 0 Å². The molecule has 0 saturated carbocycles. The molecule has 2 aliphatic heterocycles. The molecule has 2 rings (SSSR count). The summed E-state index contributed by atoms with van der Waals surface area (Å²) in [4.78, 5) is 13.5. The van der Waals surface area contributed by atoms with Crippen LogP contribution in [0.2, 0.25) is 0 Å². The first-order valence-corrected chi connectivity index (χ1v) is 6.13. The lowest BCUT2D eigenvalue weighted by atomic mass is 9.88. The number of amides is 1. The van der Waals surface area contributed by atoms with Crippen LogP contribution in [0.25, 0.3) is 0 Å². The average molecular weight is 238 g/mol. The Labute approximate surface area is 101 Å². The monoisotopic (exact) mass is 238 g/mol. The molecule has 0 N–H and O–H groups in total. The van der Waals surface area contributed by atoms with E-state index in [-0.39, 0.29) is 18.1 Å². The highest BCUT2D eigenvalue weighted by atomic mass is 16.6. The number of likely N-dealkylation sites (tertiary alicyclic amines) is 1. The molecule has 0 spiro atoms. The highest BCUT2D eigenvalue weighted by molar-refractivity contribution is 5.68. The minimum absolute atomic E-state index is 0.0730. The Bertz CT molecular complexity index is 320. The smallest absolute Gasteiger partial charge is 0.410 e. The van der Waals surface area contributed by atoms with Crippen molar-refractivity contribution in [3.63, 3.8) is 0 Å². The van der Waals surface area contributed by atoms with Crippen molar-refractivity contribution in [3.8, 4) is 6.07 Å². The second-order valence-corrected chi connectivity index (χ2v) is 4.82. The van der Waals surface area contributed by atoms with Crippen molar-refractivity contribution >= 4 is 6.09 Å². The van der Waals surface area contributed by atoms with Gasteiger partial charge in [-0.15, -0.1) is 0 Å². The van der Waals surface area contributed by atoms with E-state index in [0.717, 1.165) is 12.8 Å². The summed E-state index contributed by atoms with van der Waals surface area (Å²) in [6.45, 7) is 4.39. The van der Waals surface area contributed by atoms with Crippen LogP contribution in [0.1, 0.15) is 19.8 Å². The van der Waals surface area contributed by atoms with Gasteiger partial charge in [0.25, 0.3) is 0 Å². The van der Waals surface area contributed by atoms with Crippen LogP contribution < -0.4 is 0 Å². The van der Waals surface area contributed by atoms with E-state index in [1.807, 2.05) is 0 Å². The highest BCUT2D eigenvalue weighted by Crippen LogP contribution is 2.23. The van der Waals surface area contributed by atoms with Gasteiger partial charge in [-0.2, -0.15) is 5.26 Å². The van der Waals surface area contributed by atoms with Gasteiger partial charge in [0, 0.05) is 19.5 Å². The lowest BCUT2D eigenvalue weighted by Crippen LogP contribution is -2.44. The Morgan fingerprint density at radius 1 is 1.53 bits per heavy atom. The molecule has 0 bridgehead atoms.